The summed E-state index contributed by atoms with van der Waals surface area (Å²) in [5.74, 6) is 0.666. The summed E-state index contributed by atoms with van der Waals surface area (Å²) in [6, 6.07) is 12.5. The lowest BCUT2D eigenvalue weighted by atomic mass is 10.1. The maximum atomic E-state index is 13.2. The minimum absolute atomic E-state index is 0.208. The SMILES string of the molecule is Cc1cc(F)ccc1Cn1ccnc1-c1ccc(N)cc1. The number of nitrogens with zero attached hydrogens (tertiary/aromatic N) is 2. The van der Waals surface area contributed by atoms with Crippen molar-refractivity contribution in [3.05, 3.63) is 71.8 Å². The van der Waals surface area contributed by atoms with E-state index in [2.05, 4.69) is 4.98 Å². The van der Waals surface area contributed by atoms with Crippen molar-refractivity contribution in [2.45, 2.75) is 13.5 Å². The normalized spacial score (nSPS) is 10.8. The van der Waals surface area contributed by atoms with Crippen LogP contribution in [0.1, 0.15) is 11.1 Å². The number of aryl methyl sites for hydroxylation is 1. The van der Waals surface area contributed by atoms with Crippen molar-refractivity contribution in [3.8, 4) is 11.4 Å². The Labute approximate surface area is 122 Å². The molecule has 0 spiro atoms. The van der Waals surface area contributed by atoms with E-state index in [1.165, 1.54) is 6.07 Å². The van der Waals surface area contributed by atoms with Crippen LogP contribution in [0.4, 0.5) is 10.1 Å². The zero-order valence-electron chi connectivity index (χ0n) is 11.8. The van der Waals surface area contributed by atoms with Gasteiger partial charge in [0.25, 0.3) is 0 Å². The summed E-state index contributed by atoms with van der Waals surface area (Å²) in [5, 5.41) is 0. The zero-order valence-corrected chi connectivity index (χ0v) is 11.8. The van der Waals surface area contributed by atoms with Crippen molar-refractivity contribution in [2.24, 2.45) is 0 Å². The molecule has 0 aliphatic carbocycles. The van der Waals surface area contributed by atoms with Crippen molar-refractivity contribution in [3.63, 3.8) is 0 Å². The van der Waals surface area contributed by atoms with E-state index in [-0.39, 0.29) is 5.82 Å². The number of halogens is 1. The number of aromatic nitrogens is 2. The molecule has 0 unspecified atom stereocenters. The average Bonchev–Trinajstić information content (AvgIpc) is 2.91. The molecule has 0 atom stereocenters. The first-order valence-corrected chi connectivity index (χ1v) is 6.75. The zero-order chi connectivity index (χ0) is 14.8. The first-order valence-electron chi connectivity index (χ1n) is 6.75. The van der Waals surface area contributed by atoms with E-state index in [4.69, 9.17) is 5.73 Å². The van der Waals surface area contributed by atoms with Crippen LogP contribution in [0.3, 0.4) is 0 Å². The van der Waals surface area contributed by atoms with Crippen molar-refractivity contribution in [2.75, 3.05) is 5.73 Å². The fraction of sp³-hybridized carbons (Fsp3) is 0.118. The van der Waals surface area contributed by atoms with Crippen LogP contribution < -0.4 is 5.73 Å². The summed E-state index contributed by atoms with van der Waals surface area (Å²) >= 11 is 0. The van der Waals surface area contributed by atoms with E-state index in [0.29, 0.717) is 6.54 Å². The number of imidazole rings is 1. The van der Waals surface area contributed by atoms with Crippen LogP contribution in [0.15, 0.2) is 54.9 Å². The van der Waals surface area contributed by atoms with Crippen LogP contribution in [-0.2, 0) is 6.54 Å². The van der Waals surface area contributed by atoms with Gasteiger partial charge in [0.1, 0.15) is 11.6 Å². The van der Waals surface area contributed by atoms with Gasteiger partial charge in [0.2, 0.25) is 0 Å². The highest BCUT2D eigenvalue weighted by Crippen LogP contribution is 2.21. The van der Waals surface area contributed by atoms with Gasteiger partial charge in [-0.05, 0) is 54.4 Å². The number of hydrogen-bond acceptors (Lipinski definition) is 2. The van der Waals surface area contributed by atoms with E-state index in [1.807, 2.05) is 48.0 Å². The molecule has 0 radical (unpaired) electrons. The van der Waals surface area contributed by atoms with Gasteiger partial charge in [0.05, 0.1) is 0 Å². The molecule has 3 nitrogen and oxygen atoms in total. The summed E-state index contributed by atoms with van der Waals surface area (Å²) in [5.41, 5.74) is 9.46. The largest absolute Gasteiger partial charge is 0.399 e. The molecule has 3 rings (SSSR count). The fourth-order valence-corrected chi connectivity index (χ4v) is 2.35. The Morgan fingerprint density at radius 2 is 1.90 bits per heavy atom. The summed E-state index contributed by atoms with van der Waals surface area (Å²) < 4.78 is 15.2. The summed E-state index contributed by atoms with van der Waals surface area (Å²) in [7, 11) is 0. The molecule has 0 fully saturated rings. The molecule has 0 aliphatic heterocycles. The Bertz CT molecular complexity index is 760. The number of nitrogens with two attached hydrogens (primary N) is 1. The van der Waals surface area contributed by atoms with E-state index in [0.717, 1.165) is 28.2 Å². The van der Waals surface area contributed by atoms with Crippen molar-refractivity contribution < 1.29 is 4.39 Å². The predicted molar refractivity (Wildman–Crippen MR) is 82.3 cm³/mol. The van der Waals surface area contributed by atoms with E-state index in [9.17, 15) is 4.39 Å². The molecule has 4 heteroatoms. The number of benzene rings is 2. The molecular weight excluding hydrogens is 265 g/mol. The molecule has 0 saturated carbocycles. The maximum Gasteiger partial charge on any atom is 0.140 e. The Morgan fingerprint density at radius 1 is 1.14 bits per heavy atom. The second-order valence-corrected chi connectivity index (χ2v) is 5.07. The van der Waals surface area contributed by atoms with Gasteiger partial charge >= 0.3 is 0 Å². The molecule has 1 heterocycles. The van der Waals surface area contributed by atoms with Gasteiger partial charge in [-0.15, -0.1) is 0 Å². The quantitative estimate of drug-likeness (QED) is 0.745. The number of rotatable bonds is 3. The van der Waals surface area contributed by atoms with Crippen LogP contribution in [-0.4, -0.2) is 9.55 Å². The van der Waals surface area contributed by atoms with Gasteiger partial charge in [-0.2, -0.15) is 0 Å². The molecule has 0 bridgehead atoms. The Kier molecular flexibility index (Phi) is 3.44. The van der Waals surface area contributed by atoms with Gasteiger partial charge in [-0.25, -0.2) is 9.37 Å². The van der Waals surface area contributed by atoms with Crippen LogP contribution in [0.25, 0.3) is 11.4 Å². The highest BCUT2D eigenvalue weighted by molar-refractivity contribution is 5.59. The summed E-state index contributed by atoms with van der Waals surface area (Å²) in [6.07, 6.45) is 3.69. The lowest BCUT2D eigenvalue weighted by molar-refractivity contribution is 0.624. The van der Waals surface area contributed by atoms with Gasteiger partial charge in [-0.1, -0.05) is 6.07 Å². The van der Waals surface area contributed by atoms with E-state index in [1.54, 1.807) is 12.3 Å². The van der Waals surface area contributed by atoms with Gasteiger partial charge in [-0.3, -0.25) is 0 Å². The van der Waals surface area contributed by atoms with Gasteiger partial charge in [0.15, 0.2) is 0 Å². The maximum absolute atomic E-state index is 13.2. The molecule has 0 amide bonds. The number of nitrogen functional groups attached to an aromatic ring is 1. The third-order valence-corrected chi connectivity index (χ3v) is 3.53. The van der Waals surface area contributed by atoms with Crippen molar-refractivity contribution in [1.82, 2.24) is 9.55 Å². The molecular formula is C17H16FN3. The lowest BCUT2D eigenvalue weighted by Gasteiger charge is -2.10. The number of hydrogen-bond donors (Lipinski definition) is 1. The molecule has 2 N–H and O–H groups in total. The first-order chi connectivity index (χ1) is 10.1. The Morgan fingerprint density at radius 3 is 2.62 bits per heavy atom. The second kappa shape index (κ2) is 5.40. The fourth-order valence-electron chi connectivity index (χ4n) is 2.35. The monoisotopic (exact) mass is 281 g/mol. The van der Waals surface area contributed by atoms with E-state index < -0.39 is 0 Å². The highest BCUT2D eigenvalue weighted by atomic mass is 19.1. The molecule has 0 aliphatic rings. The lowest BCUT2D eigenvalue weighted by Crippen LogP contribution is -2.03. The summed E-state index contributed by atoms with van der Waals surface area (Å²) in [6.45, 7) is 2.57. The second-order valence-electron chi connectivity index (χ2n) is 5.07. The third kappa shape index (κ3) is 2.79. The molecule has 0 saturated heterocycles. The Hall–Kier alpha value is -2.62. The minimum atomic E-state index is -0.208. The summed E-state index contributed by atoms with van der Waals surface area (Å²) in [4.78, 5) is 4.41. The van der Waals surface area contributed by atoms with Crippen molar-refractivity contribution >= 4 is 5.69 Å². The Balaban J connectivity index is 1.94. The molecule has 21 heavy (non-hydrogen) atoms. The number of anilines is 1. The predicted octanol–water partition coefficient (Wildman–Crippen LogP) is 3.63. The molecule has 106 valence electrons. The molecule has 2 aromatic carbocycles. The first kappa shape index (κ1) is 13.4. The van der Waals surface area contributed by atoms with E-state index >= 15 is 0 Å². The van der Waals surface area contributed by atoms with Gasteiger partial charge in [0, 0.05) is 30.2 Å². The molecule has 1 aromatic heterocycles. The third-order valence-electron chi connectivity index (χ3n) is 3.53. The highest BCUT2D eigenvalue weighted by Gasteiger charge is 2.08. The smallest absolute Gasteiger partial charge is 0.140 e. The molecule has 3 aromatic rings. The van der Waals surface area contributed by atoms with Gasteiger partial charge < -0.3 is 10.3 Å². The van der Waals surface area contributed by atoms with Crippen LogP contribution in [0.2, 0.25) is 0 Å². The topological polar surface area (TPSA) is 43.8 Å². The minimum Gasteiger partial charge on any atom is -0.399 e. The van der Waals surface area contributed by atoms with Crippen LogP contribution in [0, 0.1) is 12.7 Å². The van der Waals surface area contributed by atoms with Crippen LogP contribution >= 0.6 is 0 Å². The van der Waals surface area contributed by atoms with Crippen LogP contribution in [0.5, 0.6) is 0 Å². The van der Waals surface area contributed by atoms with Crippen molar-refractivity contribution in [1.29, 1.82) is 0 Å². The standard InChI is InChI=1S/C17H16FN3/c1-12-10-15(18)5-2-14(12)11-21-9-8-20-17(21)13-3-6-16(19)7-4-13/h2-10H,11,19H2,1H3. The average molecular weight is 281 g/mol.